The van der Waals surface area contributed by atoms with Gasteiger partial charge in [-0.2, -0.15) is 13.2 Å². The molecule has 1 aliphatic rings. The first-order chi connectivity index (χ1) is 13.8. The molecule has 1 N–H and O–H groups in total. The predicted octanol–water partition coefficient (Wildman–Crippen LogP) is 5.19. The number of carbonyl (C=O) groups excluding carboxylic acids is 2. The second-order valence-corrected chi connectivity index (χ2v) is 6.50. The molecule has 0 saturated carbocycles. The van der Waals surface area contributed by atoms with Gasteiger partial charge in [-0.1, -0.05) is 31.5 Å². The Balaban J connectivity index is 1.78. The monoisotopic (exact) mass is 404 g/mol. The van der Waals surface area contributed by atoms with Crippen molar-refractivity contribution < 1.29 is 27.5 Å². The zero-order valence-corrected chi connectivity index (χ0v) is 15.6. The van der Waals surface area contributed by atoms with Crippen molar-refractivity contribution >= 4 is 18.0 Å². The molecule has 8 heteroatoms. The second kappa shape index (κ2) is 8.38. The molecule has 5 nitrogen and oxygen atoms in total. The molecular weight excluding hydrogens is 385 g/mol. The molecule has 1 aliphatic heterocycles. The number of rotatable bonds is 6. The first kappa shape index (κ1) is 20.4. The van der Waals surface area contributed by atoms with E-state index in [2.05, 4.69) is 5.32 Å². The summed E-state index contributed by atoms with van der Waals surface area (Å²) < 4.78 is 44.1. The van der Waals surface area contributed by atoms with Crippen LogP contribution in [0, 0.1) is 0 Å². The Morgan fingerprint density at radius 1 is 1.07 bits per heavy atom. The lowest BCUT2D eigenvalue weighted by atomic mass is 10.1. The summed E-state index contributed by atoms with van der Waals surface area (Å²) in [6.45, 7) is 2.31. The maximum Gasteiger partial charge on any atom is 0.416 e. The molecule has 0 unspecified atom stereocenters. The maximum atomic E-state index is 12.8. The third-order valence-corrected chi connectivity index (χ3v) is 4.26. The SMILES string of the molecule is CCCCN1C(=O)NC(=Cc2cccc(Oc3cccc(C(F)(F)F)c3)c2)C1=O. The van der Waals surface area contributed by atoms with E-state index in [1.165, 1.54) is 18.2 Å². The summed E-state index contributed by atoms with van der Waals surface area (Å²) in [4.78, 5) is 25.5. The van der Waals surface area contributed by atoms with Crippen LogP contribution in [0.15, 0.2) is 54.2 Å². The van der Waals surface area contributed by atoms with Gasteiger partial charge in [0.25, 0.3) is 5.91 Å². The van der Waals surface area contributed by atoms with Crippen LogP contribution in [0.3, 0.4) is 0 Å². The third-order valence-electron chi connectivity index (χ3n) is 4.26. The van der Waals surface area contributed by atoms with Gasteiger partial charge >= 0.3 is 12.2 Å². The van der Waals surface area contributed by atoms with E-state index in [-0.39, 0.29) is 11.4 Å². The molecule has 1 heterocycles. The average molecular weight is 404 g/mol. The van der Waals surface area contributed by atoms with Crippen molar-refractivity contribution in [3.05, 3.63) is 65.4 Å². The lowest BCUT2D eigenvalue weighted by molar-refractivity contribution is -0.137. The molecule has 29 heavy (non-hydrogen) atoms. The van der Waals surface area contributed by atoms with E-state index in [4.69, 9.17) is 4.74 Å². The Hall–Kier alpha value is -3.29. The molecule has 0 spiro atoms. The number of nitrogens with one attached hydrogen (secondary N) is 1. The smallest absolute Gasteiger partial charge is 0.416 e. The number of ether oxygens (including phenoxy) is 1. The average Bonchev–Trinajstić information content (AvgIpc) is 2.93. The number of benzene rings is 2. The lowest BCUT2D eigenvalue weighted by Crippen LogP contribution is -2.31. The fourth-order valence-corrected chi connectivity index (χ4v) is 2.80. The largest absolute Gasteiger partial charge is 0.457 e. The molecule has 0 aliphatic carbocycles. The van der Waals surface area contributed by atoms with E-state index in [1.54, 1.807) is 24.3 Å². The van der Waals surface area contributed by atoms with Gasteiger partial charge in [-0.3, -0.25) is 9.69 Å². The number of imide groups is 1. The topological polar surface area (TPSA) is 58.6 Å². The van der Waals surface area contributed by atoms with Gasteiger partial charge in [0.15, 0.2) is 0 Å². The predicted molar refractivity (Wildman–Crippen MR) is 101 cm³/mol. The van der Waals surface area contributed by atoms with Crippen LogP contribution in [0.2, 0.25) is 0 Å². The zero-order chi connectivity index (χ0) is 21.0. The van der Waals surface area contributed by atoms with Crippen molar-refractivity contribution in [2.24, 2.45) is 0 Å². The van der Waals surface area contributed by atoms with E-state index in [9.17, 15) is 22.8 Å². The summed E-state index contributed by atoms with van der Waals surface area (Å²) in [7, 11) is 0. The number of carbonyl (C=O) groups is 2. The summed E-state index contributed by atoms with van der Waals surface area (Å²) in [5.74, 6) is -0.0634. The minimum Gasteiger partial charge on any atom is -0.457 e. The highest BCUT2D eigenvalue weighted by Gasteiger charge is 2.33. The van der Waals surface area contributed by atoms with Gasteiger partial charge in [0, 0.05) is 6.54 Å². The highest BCUT2D eigenvalue weighted by atomic mass is 19.4. The summed E-state index contributed by atoms with van der Waals surface area (Å²) >= 11 is 0. The Morgan fingerprint density at radius 2 is 1.76 bits per heavy atom. The Bertz CT molecular complexity index is 954. The van der Waals surface area contributed by atoms with Crippen molar-refractivity contribution in [3.8, 4) is 11.5 Å². The number of hydrogen-bond acceptors (Lipinski definition) is 3. The van der Waals surface area contributed by atoms with E-state index < -0.39 is 23.7 Å². The number of halogens is 3. The fraction of sp³-hybridized carbons (Fsp3) is 0.238. The number of urea groups is 1. The molecule has 0 radical (unpaired) electrons. The van der Waals surface area contributed by atoms with Gasteiger partial charge in [0.2, 0.25) is 0 Å². The molecule has 0 bridgehead atoms. The molecule has 0 aromatic heterocycles. The number of nitrogens with zero attached hydrogens (tertiary/aromatic N) is 1. The van der Waals surface area contributed by atoms with Gasteiger partial charge in [0.1, 0.15) is 17.2 Å². The van der Waals surface area contributed by atoms with Crippen molar-refractivity contribution in [2.75, 3.05) is 6.54 Å². The van der Waals surface area contributed by atoms with Crippen LogP contribution in [-0.2, 0) is 11.0 Å². The number of amides is 3. The third kappa shape index (κ3) is 4.96. The number of hydrogen-bond donors (Lipinski definition) is 1. The van der Waals surface area contributed by atoms with Crippen LogP contribution in [0.4, 0.5) is 18.0 Å². The molecule has 152 valence electrons. The normalized spacial score (nSPS) is 15.7. The number of alkyl halides is 3. The van der Waals surface area contributed by atoms with E-state index >= 15 is 0 Å². The van der Waals surface area contributed by atoms with Crippen LogP contribution in [0.25, 0.3) is 6.08 Å². The van der Waals surface area contributed by atoms with Gasteiger partial charge in [-0.25, -0.2) is 4.79 Å². The van der Waals surface area contributed by atoms with Crippen molar-refractivity contribution in [3.63, 3.8) is 0 Å². The van der Waals surface area contributed by atoms with Gasteiger partial charge < -0.3 is 10.1 Å². The molecular formula is C21H19F3N2O3. The maximum absolute atomic E-state index is 12.8. The van der Waals surface area contributed by atoms with Gasteiger partial charge in [-0.15, -0.1) is 0 Å². The van der Waals surface area contributed by atoms with E-state index in [0.717, 1.165) is 23.5 Å². The second-order valence-electron chi connectivity index (χ2n) is 6.50. The standard InChI is InChI=1S/C21H19F3N2O3/c1-2-3-10-26-19(27)18(25-20(26)28)12-14-6-4-8-16(11-14)29-17-9-5-7-15(13-17)21(22,23)24/h4-9,11-13H,2-3,10H2,1H3,(H,25,28). The first-order valence-electron chi connectivity index (χ1n) is 9.07. The Morgan fingerprint density at radius 3 is 2.45 bits per heavy atom. The highest BCUT2D eigenvalue weighted by Crippen LogP contribution is 2.33. The zero-order valence-electron chi connectivity index (χ0n) is 15.6. The van der Waals surface area contributed by atoms with Gasteiger partial charge in [-0.05, 0) is 48.4 Å². The summed E-state index contributed by atoms with van der Waals surface area (Å²) in [6.07, 6.45) is -1.39. The van der Waals surface area contributed by atoms with E-state index in [1.807, 2.05) is 6.92 Å². The Labute approximate surface area is 165 Å². The molecule has 3 rings (SSSR count). The molecule has 2 aromatic carbocycles. The van der Waals surface area contributed by atoms with Crippen LogP contribution < -0.4 is 10.1 Å². The minimum absolute atomic E-state index is 0.0422. The fourth-order valence-electron chi connectivity index (χ4n) is 2.80. The Kier molecular flexibility index (Phi) is 5.91. The van der Waals surface area contributed by atoms with Gasteiger partial charge in [0.05, 0.1) is 5.56 Å². The highest BCUT2D eigenvalue weighted by molar-refractivity contribution is 6.13. The van der Waals surface area contributed by atoms with Crippen LogP contribution in [-0.4, -0.2) is 23.4 Å². The molecule has 0 atom stereocenters. The van der Waals surface area contributed by atoms with Crippen molar-refractivity contribution in [2.45, 2.75) is 25.9 Å². The molecule has 1 saturated heterocycles. The lowest BCUT2D eigenvalue weighted by Gasteiger charge is -2.10. The summed E-state index contributed by atoms with van der Waals surface area (Å²) in [5, 5.41) is 2.54. The van der Waals surface area contributed by atoms with Crippen LogP contribution >= 0.6 is 0 Å². The summed E-state index contributed by atoms with van der Waals surface area (Å²) in [5.41, 5.74) is -0.0995. The summed E-state index contributed by atoms with van der Waals surface area (Å²) in [6, 6.07) is 10.6. The molecule has 1 fully saturated rings. The molecule has 3 amide bonds. The molecule has 2 aromatic rings. The minimum atomic E-state index is -4.46. The van der Waals surface area contributed by atoms with Crippen molar-refractivity contribution in [1.82, 2.24) is 10.2 Å². The van der Waals surface area contributed by atoms with Crippen molar-refractivity contribution in [1.29, 1.82) is 0 Å². The van der Waals surface area contributed by atoms with Crippen LogP contribution in [0.1, 0.15) is 30.9 Å². The quantitative estimate of drug-likeness (QED) is 0.532. The van der Waals surface area contributed by atoms with E-state index in [0.29, 0.717) is 24.3 Å². The first-order valence-corrected chi connectivity index (χ1v) is 9.07. The number of unbranched alkanes of at least 4 members (excludes halogenated alkanes) is 1. The van der Waals surface area contributed by atoms with Crippen LogP contribution in [0.5, 0.6) is 11.5 Å².